The van der Waals surface area contributed by atoms with Gasteiger partial charge >= 0.3 is 19.8 Å². The van der Waals surface area contributed by atoms with E-state index in [9.17, 15) is 19.0 Å². The molecule has 0 heterocycles. The molecule has 0 aliphatic heterocycles. The van der Waals surface area contributed by atoms with Gasteiger partial charge in [0.05, 0.1) is 13.2 Å². The van der Waals surface area contributed by atoms with Gasteiger partial charge in [-0.25, -0.2) is 4.57 Å². The third kappa shape index (κ3) is 66.9. The van der Waals surface area contributed by atoms with E-state index in [1.165, 1.54) is 103 Å². The van der Waals surface area contributed by atoms with Crippen molar-refractivity contribution in [3.63, 3.8) is 0 Å². The quantitative estimate of drug-likeness (QED) is 0.0264. The van der Waals surface area contributed by atoms with E-state index in [1.807, 2.05) is 0 Å². The minimum absolute atomic E-state index is 0.0443. The monoisotopic (exact) mass is 1170 g/mol. The summed E-state index contributed by atoms with van der Waals surface area (Å²) in [6, 6.07) is 0. The number of carbonyl (C=O) groups excluding carboxylic acids is 2. The zero-order valence-corrected chi connectivity index (χ0v) is 53.8. The van der Waals surface area contributed by atoms with Crippen molar-refractivity contribution < 1.29 is 37.6 Å². The lowest BCUT2D eigenvalue weighted by atomic mass is 10.0. The fourth-order valence-corrected chi connectivity index (χ4v) is 9.64. The molecule has 0 saturated heterocycles. The minimum Gasteiger partial charge on any atom is -0.462 e. The second kappa shape index (κ2) is 67.0. The van der Waals surface area contributed by atoms with Gasteiger partial charge in [-0.3, -0.25) is 18.6 Å². The lowest BCUT2D eigenvalue weighted by Crippen LogP contribution is -2.29. The molecule has 83 heavy (non-hydrogen) atoms. The SMILES string of the molecule is CC/C=C\C/C=C\C/C=C\C/C=C\C/C=C\C/C=C\C/C=C\C/C=C\CCCCCCCCC(=O)OC(COC(=O)CCCCCCCCCCCCCCCCCCCC/C=C\C/C=C\C/C=C\C/C=C\CC)COP(=O)(O)OCCN. The Hall–Kier alpha value is -4.11. The van der Waals surface area contributed by atoms with Gasteiger partial charge in [0.1, 0.15) is 6.61 Å². The first-order chi connectivity index (χ1) is 40.8. The first kappa shape index (κ1) is 78.9. The predicted octanol–water partition coefficient (Wildman–Crippen LogP) is 21.9. The molecule has 0 saturated carbocycles. The number of unbranched alkanes of at least 4 members (excludes halogenated alkanes) is 24. The zero-order chi connectivity index (χ0) is 60.1. The fourth-order valence-electron chi connectivity index (χ4n) is 8.88. The first-order valence-corrected chi connectivity index (χ1v) is 34.8. The maximum Gasteiger partial charge on any atom is 0.472 e. The number of nitrogens with two attached hydrogens (primary N) is 1. The highest BCUT2D eigenvalue weighted by molar-refractivity contribution is 7.47. The molecule has 9 nitrogen and oxygen atoms in total. The van der Waals surface area contributed by atoms with E-state index in [-0.39, 0.29) is 38.6 Å². The molecule has 2 unspecified atom stereocenters. The maximum absolute atomic E-state index is 12.7. The Balaban J connectivity index is 3.97. The second-order valence-electron chi connectivity index (χ2n) is 21.6. The van der Waals surface area contributed by atoms with Crippen LogP contribution in [0.15, 0.2) is 146 Å². The van der Waals surface area contributed by atoms with Crippen molar-refractivity contribution in [3.05, 3.63) is 146 Å². The second-order valence-corrected chi connectivity index (χ2v) is 23.0. The van der Waals surface area contributed by atoms with Crippen LogP contribution in [0.2, 0.25) is 0 Å². The van der Waals surface area contributed by atoms with E-state index < -0.39 is 26.5 Å². The lowest BCUT2D eigenvalue weighted by molar-refractivity contribution is -0.161. The third-order valence-corrected chi connectivity index (χ3v) is 14.7. The standard InChI is InChI=1S/C73H122NO8P/c1-3-5-7-9-11-13-15-17-19-21-23-25-27-29-31-33-35-37-39-41-43-45-47-49-51-53-55-57-59-61-63-65-72(75)79-69-71(70-81-83(77,78)80-68-67-74)82-73(76)66-64-62-60-58-56-54-52-50-48-46-44-42-40-38-36-34-32-30-28-26-24-22-20-18-16-14-12-10-8-6-4-2/h5-8,11-14,17-20,23-26,30,32,36,38,42,44,48,50,71H,3-4,9-10,15-16,21-22,27-29,31,33-35,37,39-41,43,45-47,49,51-70,74H2,1-2H3,(H,77,78)/b7-5-,8-6-,13-11-,14-12-,19-17-,20-18-,25-23-,26-24-,32-30-,38-36-,44-42-,50-48-. The van der Waals surface area contributed by atoms with E-state index in [1.54, 1.807) is 0 Å². The Morgan fingerprint density at radius 2 is 0.627 bits per heavy atom. The normalized spacial score (nSPS) is 13.9. The molecule has 0 radical (unpaired) electrons. The van der Waals surface area contributed by atoms with Gasteiger partial charge in [-0.1, -0.05) is 288 Å². The van der Waals surface area contributed by atoms with Crippen LogP contribution in [0.5, 0.6) is 0 Å². The van der Waals surface area contributed by atoms with Crippen molar-refractivity contribution in [1.29, 1.82) is 0 Å². The van der Waals surface area contributed by atoms with Crippen molar-refractivity contribution in [2.45, 2.75) is 277 Å². The molecule has 2 atom stereocenters. The van der Waals surface area contributed by atoms with Crippen molar-refractivity contribution in [3.8, 4) is 0 Å². The van der Waals surface area contributed by atoms with E-state index in [0.29, 0.717) is 6.42 Å². The van der Waals surface area contributed by atoms with Crippen LogP contribution in [-0.2, 0) is 32.7 Å². The van der Waals surface area contributed by atoms with E-state index >= 15 is 0 Å². The number of ether oxygens (including phenoxy) is 2. The van der Waals surface area contributed by atoms with Crippen LogP contribution in [-0.4, -0.2) is 49.3 Å². The van der Waals surface area contributed by atoms with Crippen LogP contribution >= 0.6 is 7.82 Å². The molecule has 472 valence electrons. The van der Waals surface area contributed by atoms with Gasteiger partial charge in [-0.2, -0.15) is 0 Å². The van der Waals surface area contributed by atoms with Crippen molar-refractivity contribution in [2.75, 3.05) is 26.4 Å². The number of carbonyl (C=O) groups is 2. The number of rotatable bonds is 61. The summed E-state index contributed by atoms with van der Waals surface area (Å²) in [4.78, 5) is 35.3. The molecule has 0 aromatic rings. The van der Waals surface area contributed by atoms with Crippen molar-refractivity contribution in [2.24, 2.45) is 5.73 Å². The summed E-state index contributed by atoms with van der Waals surface area (Å²) >= 11 is 0. The van der Waals surface area contributed by atoms with Gasteiger partial charge in [0, 0.05) is 19.4 Å². The molecule has 0 aromatic heterocycles. The van der Waals surface area contributed by atoms with Crippen LogP contribution in [0.3, 0.4) is 0 Å². The van der Waals surface area contributed by atoms with Crippen LogP contribution in [0, 0.1) is 0 Å². The molecule has 0 spiro atoms. The van der Waals surface area contributed by atoms with Gasteiger partial charge in [0.15, 0.2) is 6.10 Å². The van der Waals surface area contributed by atoms with E-state index in [4.69, 9.17) is 24.3 Å². The van der Waals surface area contributed by atoms with Crippen LogP contribution in [0.4, 0.5) is 0 Å². The molecule has 0 bridgehead atoms. The summed E-state index contributed by atoms with van der Waals surface area (Å²) in [5, 5.41) is 0. The molecule has 0 aromatic carbocycles. The molecule has 10 heteroatoms. The van der Waals surface area contributed by atoms with Gasteiger partial charge in [-0.15, -0.1) is 0 Å². The smallest absolute Gasteiger partial charge is 0.462 e. The largest absolute Gasteiger partial charge is 0.472 e. The van der Waals surface area contributed by atoms with Crippen LogP contribution in [0.1, 0.15) is 271 Å². The number of phosphoric ester groups is 1. The summed E-state index contributed by atoms with van der Waals surface area (Å²) in [6.07, 6.45) is 96.4. The van der Waals surface area contributed by atoms with Crippen LogP contribution < -0.4 is 5.73 Å². The average molecular weight is 1170 g/mol. The molecule has 0 rings (SSSR count). The van der Waals surface area contributed by atoms with Crippen molar-refractivity contribution >= 4 is 19.8 Å². The topological polar surface area (TPSA) is 134 Å². The summed E-state index contributed by atoms with van der Waals surface area (Å²) in [5.74, 6) is -0.847. The number of hydrogen-bond acceptors (Lipinski definition) is 8. The van der Waals surface area contributed by atoms with E-state index in [0.717, 1.165) is 135 Å². The summed E-state index contributed by atoms with van der Waals surface area (Å²) in [6.45, 7) is 3.51. The molecule has 0 aliphatic rings. The number of phosphoric acid groups is 1. The number of hydrogen-bond donors (Lipinski definition) is 2. The predicted molar refractivity (Wildman–Crippen MR) is 357 cm³/mol. The molecule has 0 fully saturated rings. The molecule has 3 N–H and O–H groups in total. The molecule has 0 aliphatic carbocycles. The molecular formula is C73H122NO8P. The Labute approximate surface area is 509 Å². The molecule has 0 amide bonds. The minimum atomic E-state index is -4.41. The highest BCUT2D eigenvalue weighted by atomic mass is 31.2. The van der Waals surface area contributed by atoms with Gasteiger partial charge in [-0.05, 0) is 116 Å². The first-order valence-electron chi connectivity index (χ1n) is 33.3. The highest BCUT2D eigenvalue weighted by Crippen LogP contribution is 2.43. The summed E-state index contributed by atoms with van der Waals surface area (Å²) < 4.78 is 33.1. The van der Waals surface area contributed by atoms with Crippen molar-refractivity contribution in [1.82, 2.24) is 0 Å². The Morgan fingerprint density at radius 3 is 0.928 bits per heavy atom. The third-order valence-electron chi connectivity index (χ3n) is 13.7. The average Bonchev–Trinajstić information content (AvgIpc) is 3.48. The van der Waals surface area contributed by atoms with E-state index in [2.05, 4.69) is 160 Å². The maximum atomic E-state index is 12.7. The Bertz CT molecular complexity index is 1870. The van der Waals surface area contributed by atoms with Crippen LogP contribution in [0.25, 0.3) is 0 Å². The molecular weight excluding hydrogens is 1050 g/mol. The lowest BCUT2D eigenvalue weighted by Gasteiger charge is -2.19. The van der Waals surface area contributed by atoms with Gasteiger partial charge in [0.2, 0.25) is 0 Å². The fraction of sp³-hybridized carbons (Fsp3) is 0.644. The zero-order valence-electron chi connectivity index (χ0n) is 52.9. The highest BCUT2D eigenvalue weighted by Gasteiger charge is 2.26. The Kier molecular flexibility index (Phi) is 63.7. The summed E-state index contributed by atoms with van der Waals surface area (Å²) in [7, 11) is -4.41. The van der Waals surface area contributed by atoms with Gasteiger partial charge < -0.3 is 20.1 Å². The summed E-state index contributed by atoms with van der Waals surface area (Å²) in [5.41, 5.74) is 5.40. The number of allylic oxidation sites excluding steroid dienone is 24. The number of esters is 2. The Morgan fingerprint density at radius 1 is 0.361 bits per heavy atom. The van der Waals surface area contributed by atoms with Gasteiger partial charge in [0.25, 0.3) is 0 Å².